The molecule has 2 atom stereocenters. The Bertz CT molecular complexity index is 895. The van der Waals surface area contributed by atoms with Gasteiger partial charge in [-0.25, -0.2) is 0 Å². The number of ether oxygens (including phenoxy) is 1. The molecule has 0 saturated heterocycles. The lowest BCUT2D eigenvalue weighted by molar-refractivity contribution is -0.274. The molecule has 8 heteroatoms. The number of para-hydroxylation sites is 1. The quantitative estimate of drug-likeness (QED) is 0.706. The second-order valence-corrected chi connectivity index (χ2v) is 8.92. The molecule has 0 amide bonds. The van der Waals surface area contributed by atoms with Gasteiger partial charge in [0, 0.05) is 35.7 Å². The Morgan fingerprint density at radius 2 is 1.80 bits per heavy atom. The third-order valence-corrected chi connectivity index (χ3v) is 6.87. The molecule has 2 unspecified atom stereocenters. The minimum Gasteiger partial charge on any atom is -0.405 e. The largest absolute Gasteiger partial charge is 0.573 e. The van der Waals surface area contributed by atoms with Gasteiger partial charge >= 0.3 is 6.36 Å². The average Bonchev–Trinajstić information content (AvgIpc) is 3.42. The first-order chi connectivity index (χ1) is 14.4. The van der Waals surface area contributed by atoms with Gasteiger partial charge in [-0.1, -0.05) is 17.3 Å². The van der Waals surface area contributed by atoms with E-state index in [0.29, 0.717) is 47.6 Å². The molecule has 3 aliphatic carbocycles. The number of halogens is 3. The van der Waals surface area contributed by atoms with Crippen molar-refractivity contribution in [2.75, 3.05) is 0 Å². The van der Waals surface area contributed by atoms with Gasteiger partial charge in [-0.2, -0.15) is 0 Å². The number of hydrogen-bond donors (Lipinski definition) is 2. The second-order valence-electron chi connectivity index (χ2n) is 8.92. The van der Waals surface area contributed by atoms with Gasteiger partial charge in [-0.3, -0.25) is 0 Å². The minimum absolute atomic E-state index is 0.261. The van der Waals surface area contributed by atoms with Crippen LogP contribution in [0.1, 0.15) is 55.8 Å². The number of hydrogen-bond acceptors (Lipinski definition) is 5. The molecule has 3 N–H and O–H groups in total. The van der Waals surface area contributed by atoms with E-state index in [9.17, 15) is 13.2 Å². The lowest BCUT2D eigenvalue weighted by Gasteiger charge is -2.33. The Balaban J connectivity index is 1.40. The monoisotopic (exact) mass is 421 g/mol. The van der Waals surface area contributed by atoms with Crippen molar-refractivity contribution in [2.45, 2.75) is 69.4 Å². The molecule has 0 spiro atoms. The molecule has 1 aromatic carbocycles. The molecular formula is C22H26F3N3O2. The highest BCUT2D eigenvalue weighted by molar-refractivity contribution is 5.70. The standard InChI is InChI=1S/C22H26F3N3O2/c23-22(24,25)29-18-4-2-1-3-16(18)20-17(21(30-28-20)12-5-6-12)11-27-15-9-13-7-8-14(10-15)19(13)26/h1-4,12-15,19,27H,5-11,26H2. The Kier molecular flexibility index (Phi) is 5.01. The molecule has 2 bridgehead atoms. The summed E-state index contributed by atoms with van der Waals surface area (Å²) in [6, 6.07) is 6.78. The molecule has 1 aromatic heterocycles. The molecule has 0 aliphatic heterocycles. The van der Waals surface area contributed by atoms with Crippen LogP contribution in [-0.4, -0.2) is 23.6 Å². The van der Waals surface area contributed by atoms with Crippen molar-refractivity contribution in [3.8, 4) is 17.0 Å². The molecule has 1 heterocycles. The van der Waals surface area contributed by atoms with Gasteiger partial charge in [0.25, 0.3) is 0 Å². The van der Waals surface area contributed by atoms with Crippen molar-refractivity contribution in [1.29, 1.82) is 0 Å². The van der Waals surface area contributed by atoms with Crippen molar-refractivity contribution in [3.05, 3.63) is 35.6 Å². The summed E-state index contributed by atoms with van der Waals surface area (Å²) in [5, 5.41) is 7.80. The average molecular weight is 421 g/mol. The summed E-state index contributed by atoms with van der Waals surface area (Å²) in [5.41, 5.74) is 7.89. The third kappa shape index (κ3) is 3.95. The number of alkyl halides is 3. The van der Waals surface area contributed by atoms with Crippen molar-refractivity contribution >= 4 is 0 Å². The first-order valence-electron chi connectivity index (χ1n) is 10.7. The fourth-order valence-corrected chi connectivity index (χ4v) is 5.23. The fraction of sp³-hybridized carbons (Fsp3) is 0.591. The summed E-state index contributed by atoms with van der Waals surface area (Å²) in [6.07, 6.45) is 1.75. The van der Waals surface area contributed by atoms with Crippen LogP contribution in [0.15, 0.2) is 28.8 Å². The van der Waals surface area contributed by atoms with Crippen LogP contribution in [0.2, 0.25) is 0 Å². The van der Waals surface area contributed by atoms with E-state index in [-0.39, 0.29) is 5.75 Å². The first kappa shape index (κ1) is 19.9. The summed E-state index contributed by atoms with van der Waals surface area (Å²) in [7, 11) is 0. The maximum atomic E-state index is 12.9. The number of fused-ring (bicyclic) bond motifs is 2. The highest BCUT2D eigenvalue weighted by Crippen LogP contribution is 2.46. The molecule has 3 aliphatic rings. The maximum Gasteiger partial charge on any atom is 0.573 e. The van der Waals surface area contributed by atoms with E-state index in [2.05, 4.69) is 15.2 Å². The highest BCUT2D eigenvalue weighted by atomic mass is 19.4. The summed E-state index contributed by atoms with van der Waals surface area (Å²) < 4.78 is 48.6. The van der Waals surface area contributed by atoms with Gasteiger partial charge in [0.2, 0.25) is 0 Å². The Labute approximate surface area is 173 Å². The van der Waals surface area contributed by atoms with E-state index in [1.54, 1.807) is 12.1 Å². The van der Waals surface area contributed by atoms with Crippen molar-refractivity contribution in [1.82, 2.24) is 10.5 Å². The fourth-order valence-electron chi connectivity index (χ4n) is 5.23. The minimum atomic E-state index is -4.77. The zero-order valence-corrected chi connectivity index (χ0v) is 16.6. The molecule has 30 heavy (non-hydrogen) atoms. The highest BCUT2D eigenvalue weighted by Gasteiger charge is 2.41. The van der Waals surface area contributed by atoms with Crippen LogP contribution >= 0.6 is 0 Å². The van der Waals surface area contributed by atoms with E-state index in [1.165, 1.54) is 25.0 Å². The van der Waals surface area contributed by atoms with E-state index in [1.807, 2.05) is 0 Å². The predicted octanol–water partition coefficient (Wildman–Crippen LogP) is 4.72. The molecule has 3 fully saturated rings. The number of rotatable bonds is 6. The Morgan fingerprint density at radius 3 is 2.47 bits per heavy atom. The van der Waals surface area contributed by atoms with Crippen LogP contribution in [0.3, 0.4) is 0 Å². The number of nitrogens with one attached hydrogen (secondary N) is 1. The van der Waals surface area contributed by atoms with Gasteiger partial charge in [-0.05, 0) is 62.5 Å². The van der Waals surface area contributed by atoms with Gasteiger partial charge < -0.3 is 20.3 Å². The Morgan fingerprint density at radius 1 is 1.10 bits per heavy atom. The van der Waals surface area contributed by atoms with Crippen molar-refractivity contribution in [2.24, 2.45) is 17.6 Å². The van der Waals surface area contributed by atoms with E-state index in [0.717, 1.165) is 37.0 Å². The number of aromatic nitrogens is 1. The first-order valence-corrected chi connectivity index (χ1v) is 10.7. The molecule has 162 valence electrons. The smallest absolute Gasteiger partial charge is 0.405 e. The molecule has 2 aromatic rings. The van der Waals surface area contributed by atoms with E-state index < -0.39 is 6.36 Å². The summed E-state index contributed by atoms with van der Waals surface area (Å²) in [5.74, 6) is 1.95. The lowest BCUT2D eigenvalue weighted by Crippen LogP contribution is -2.44. The number of benzene rings is 1. The van der Waals surface area contributed by atoms with Crippen LogP contribution in [0.5, 0.6) is 5.75 Å². The van der Waals surface area contributed by atoms with Crippen LogP contribution in [0.4, 0.5) is 13.2 Å². The molecule has 0 radical (unpaired) electrons. The van der Waals surface area contributed by atoms with Crippen LogP contribution < -0.4 is 15.8 Å². The van der Waals surface area contributed by atoms with Gasteiger partial charge in [-0.15, -0.1) is 13.2 Å². The SMILES string of the molecule is NC1C2CCC1CC(NCc1c(-c3ccccc3OC(F)(F)F)noc1C1CC1)C2. The van der Waals surface area contributed by atoms with Gasteiger partial charge in [0.1, 0.15) is 17.2 Å². The molecule has 5 rings (SSSR count). The summed E-state index contributed by atoms with van der Waals surface area (Å²) in [4.78, 5) is 0. The number of nitrogens with zero attached hydrogens (tertiary/aromatic N) is 1. The van der Waals surface area contributed by atoms with E-state index >= 15 is 0 Å². The van der Waals surface area contributed by atoms with Gasteiger partial charge in [0.15, 0.2) is 0 Å². The zero-order valence-electron chi connectivity index (χ0n) is 16.6. The van der Waals surface area contributed by atoms with Crippen LogP contribution in [0, 0.1) is 11.8 Å². The summed E-state index contributed by atoms with van der Waals surface area (Å²) in [6.45, 7) is 0.518. The van der Waals surface area contributed by atoms with Crippen LogP contribution in [0.25, 0.3) is 11.3 Å². The Hall–Kier alpha value is -2.06. The second kappa shape index (κ2) is 7.57. The lowest BCUT2D eigenvalue weighted by atomic mass is 9.81. The van der Waals surface area contributed by atoms with Crippen LogP contribution in [-0.2, 0) is 6.54 Å². The van der Waals surface area contributed by atoms with Crippen molar-refractivity contribution in [3.63, 3.8) is 0 Å². The third-order valence-electron chi connectivity index (χ3n) is 6.87. The molecule has 3 saturated carbocycles. The molecular weight excluding hydrogens is 395 g/mol. The maximum absolute atomic E-state index is 12.9. The van der Waals surface area contributed by atoms with E-state index in [4.69, 9.17) is 10.3 Å². The molecule has 5 nitrogen and oxygen atoms in total. The normalized spacial score (nSPS) is 28.7. The topological polar surface area (TPSA) is 73.3 Å². The number of nitrogens with two attached hydrogens (primary N) is 1. The zero-order chi connectivity index (χ0) is 20.9. The van der Waals surface area contributed by atoms with Crippen molar-refractivity contribution < 1.29 is 22.4 Å². The van der Waals surface area contributed by atoms with Gasteiger partial charge in [0.05, 0.1) is 0 Å². The summed E-state index contributed by atoms with van der Waals surface area (Å²) >= 11 is 0. The predicted molar refractivity (Wildman–Crippen MR) is 105 cm³/mol.